The van der Waals surface area contributed by atoms with Crippen LogP contribution in [0, 0.1) is 17.3 Å². The van der Waals surface area contributed by atoms with Gasteiger partial charge in [0.15, 0.2) is 0 Å². The molecule has 2 unspecified atom stereocenters. The Morgan fingerprint density at radius 3 is 2.36 bits per heavy atom. The molecule has 1 saturated carbocycles. The van der Waals surface area contributed by atoms with Crippen molar-refractivity contribution in [2.24, 2.45) is 23.0 Å². The number of carbonyl (C=O) groups excluding carboxylic acids is 1. The predicted molar refractivity (Wildman–Crippen MR) is 57.7 cm³/mol. The molecule has 1 aliphatic rings. The van der Waals surface area contributed by atoms with Crippen LogP contribution in [0.25, 0.3) is 0 Å². The molecule has 0 bridgehead atoms. The summed E-state index contributed by atoms with van der Waals surface area (Å²) in [5, 5.41) is 3.06. The van der Waals surface area contributed by atoms with Crippen LogP contribution in [0.3, 0.4) is 0 Å². The van der Waals surface area contributed by atoms with Crippen molar-refractivity contribution in [2.75, 3.05) is 6.54 Å². The van der Waals surface area contributed by atoms with E-state index >= 15 is 0 Å². The van der Waals surface area contributed by atoms with Gasteiger partial charge in [0.05, 0.1) is 5.92 Å². The zero-order valence-electron chi connectivity index (χ0n) is 9.63. The van der Waals surface area contributed by atoms with Gasteiger partial charge in [-0.1, -0.05) is 27.7 Å². The highest BCUT2D eigenvalue weighted by Crippen LogP contribution is 2.44. The number of carbonyl (C=O) groups is 1. The Bertz CT molecular complexity index is 223. The maximum atomic E-state index is 11.8. The van der Waals surface area contributed by atoms with Gasteiger partial charge in [-0.05, 0) is 17.8 Å². The summed E-state index contributed by atoms with van der Waals surface area (Å²) in [5.74, 6) is 0.409. The lowest BCUT2D eigenvalue weighted by atomic mass is 9.95. The SMILES string of the molecule is CC(C)C(CN)C(=O)NC1CC1(C)C. The predicted octanol–water partition coefficient (Wildman–Crippen LogP) is 1.13. The number of amides is 1. The maximum Gasteiger partial charge on any atom is 0.224 e. The van der Waals surface area contributed by atoms with E-state index < -0.39 is 0 Å². The third kappa shape index (κ3) is 2.47. The van der Waals surface area contributed by atoms with E-state index in [0.717, 1.165) is 6.42 Å². The lowest BCUT2D eigenvalue weighted by molar-refractivity contribution is -0.126. The number of hydrogen-bond donors (Lipinski definition) is 2. The zero-order chi connectivity index (χ0) is 10.9. The smallest absolute Gasteiger partial charge is 0.224 e. The molecule has 0 heterocycles. The van der Waals surface area contributed by atoms with Crippen LogP contribution in [0.5, 0.6) is 0 Å². The highest BCUT2D eigenvalue weighted by molar-refractivity contribution is 5.79. The number of hydrogen-bond acceptors (Lipinski definition) is 2. The highest BCUT2D eigenvalue weighted by atomic mass is 16.2. The molecular formula is C11H22N2O. The van der Waals surface area contributed by atoms with Crippen LogP contribution in [0.15, 0.2) is 0 Å². The molecule has 3 heteroatoms. The first-order chi connectivity index (χ1) is 6.38. The molecule has 0 spiro atoms. The molecule has 2 atom stereocenters. The Morgan fingerprint density at radius 1 is 1.57 bits per heavy atom. The van der Waals surface area contributed by atoms with E-state index in [2.05, 4.69) is 19.2 Å². The van der Waals surface area contributed by atoms with Gasteiger partial charge in [-0.25, -0.2) is 0 Å². The maximum absolute atomic E-state index is 11.8. The first-order valence-electron chi connectivity index (χ1n) is 5.39. The molecule has 0 aromatic rings. The standard InChI is InChI=1S/C11H22N2O/c1-7(2)8(6-12)10(14)13-9-5-11(9,3)4/h7-9H,5-6,12H2,1-4H3,(H,13,14). The van der Waals surface area contributed by atoms with Crippen LogP contribution < -0.4 is 11.1 Å². The second-order valence-electron chi connectivity index (χ2n) is 5.34. The number of rotatable bonds is 4. The molecule has 0 aromatic carbocycles. The Morgan fingerprint density at radius 2 is 2.07 bits per heavy atom. The molecule has 0 aliphatic heterocycles. The number of nitrogens with two attached hydrogens (primary N) is 1. The molecule has 3 nitrogen and oxygen atoms in total. The van der Waals surface area contributed by atoms with Crippen LogP contribution in [0.4, 0.5) is 0 Å². The van der Waals surface area contributed by atoms with Gasteiger partial charge in [0.25, 0.3) is 0 Å². The molecular weight excluding hydrogens is 176 g/mol. The quantitative estimate of drug-likeness (QED) is 0.711. The van der Waals surface area contributed by atoms with Crippen molar-refractivity contribution in [3.05, 3.63) is 0 Å². The fourth-order valence-corrected chi connectivity index (χ4v) is 1.67. The molecule has 0 radical (unpaired) electrons. The molecule has 14 heavy (non-hydrogen) atoms. The van der Waals surface area contributed by atoms with E-state index in [1.165, 1.54) is 0 Å². The summed E-state index contributed by atoms with van der Waals surface area (Å²) in [7, 11) is 0. The van der Waals surface area contributed by atoms with Crippen LogP contribution in [-0.4, -0.2) is 18.5 Å². The lowest BCUT2D eigenvalue weighted by Gasteiger charge is -2.18. The van der Waals surface area contributed by atoms with Gasteiger partial charge in [0, 0.05) is 12.6 Å². The van der Waals surface area contributed by atoms with Crippen LogP contribution in [0.1, 0.15) is 34.1 Å². The summed E-state index contributed by atoms with van der Waals surface area (Å²) in [5.41, 5.74) is 5.87. The average molecular weight is 198 g/mol. The third-order valence-electron chi connectivity index (χ3n) is 3.23. The fourth-order valence-electron chi connectivity index (χ4n) is 1.67. The van der Waals surface area contributed by atoms with E-state index in [-0.39, 0.29) is 11.8 Å². The van der Waals surface area contributed by atoms with E-state index in [1.807, 2.05) is 13.8 Å². The molecule has 0 aromatic heterocycles. The first-order valence-corrected chi connectivity index (χ1v) is 5.39. The summed E-state index contributed by atoms with van der Waals surface area (Å²) in [6, 6.07) is 0.364. The summed E-state index contributed by atoms with van der Waals surface area (Å²) in [4.78, 5) is 11.8. The van der Waals surface area contributed by atoms with E-state index in [4.69, 9.17) is 5.73 Å². The molecule has 1 rings (SSSR count). The minimum atomic E-state index is -0.0357. The lowest BCUT2D eigenvalue weighted by Crippen LogP contribution is -2.40. The van der Waals surface area contributed by atoms with Crippen LogP contribution in [0.2, 0.25) is 0 Å². The van der Waals surface area contributed by atoms with Crippen molar-refractivity contribution in [3.8, 4) is 0 Å². The summed E-state index contributed by atoms with van der Waals surface area (Å²) in [6.45, 7) is 8.86. The first kappa shape index (κ1) is 11.5. The summed E-state index contributed by atoms with van der Waals surface area (Å²) < 4.78 is 0. The highest BCUT2D eigenvalue weighted by Gasteiger charge is 2.47. The molecule has 1 fully saturated rings. The van der Waals surface area contributed by atoms with E-state index in [9.17, 15) is 4.79 Å². The Labute approximate surface area is 86.4 Å². The van der Waals surface area contributed by atoms with Gasteiger partial charge in [0.2, 0.25) is 5.91 Å². The zero-order valence-corrected chi connectivity index (χ0v) is 9.63. The molecule has 1 aliphatic carbocycles. The van der Waals surface area contributed by atoms with Crippen LogP contribution in [-0.2, 0) is 4.79 Å². The van der Waals surface area contributed by atoms with Crippen molar-refractivity contribution in [2.45, 2.75) is 40.2 Å². The summed E-state index contributed by atoms with van der Waals surface area (Å²) in [6.07, 6.45) is 1.09. The van der Waals surface area contributed by atoms with Gasteiger partial charge in [-0.15, -0.1) is 0 Å². The normalized spacial score (nSPS) is 26.0. The third-order valence-corrected chi connectivity index (χ3v) is 3.23. The largest absolute Gasteiger partial charge is 0.353 e. The second kappa shape index (κ2) is 3.89. The van der Waals surface area contributed by atoms with Crippen LogP contribution >= 0.6 is 0 Å². The molecule has 3 N–H and O–H groups in total. The Balaban J connectivity index is 2.41. The Kier molecular flexibility index (Phi) is 3.20. The van der Waals surface area contributed by atoms with Gasteiger partial charge >= 0.3 is 0 Å². The molecule has 0 saturated heterocycles. The van der Waals surface area contributed by atoms with E-state index in [0.29, 0.717) is 23.9 Å². The molecule has 1 amide bonds. The summed E-state index contributed by atoms with van der Waals surface area (Å²) >= 11 is 0. The van der Waals surface area contributed by atoms with E-state index in [1.54, 1.807) is 0 Å². The monoisotopic (exact) mass is 198 g/mol. The second-order valence-corrected chi connectivity index (χ2v) is 5.34. The minimum absolute atomic E-state index is 0.0357. The Hall–Kier alpha value is -0.570. The fraction of sp³-hybridized carbons (Fsp3) is 0.909. The van der Waals surface area contributed by atoms with Crippen molar-refractivity contribution in [1.82, 2.24) is 5.32 Å². The van der Waals surface area contributed by atoms with Crippen molar-refractivity contribution in [3.63, 3.8) is 0 Å². The van der Waals surface area contributed by atoms with Crippen molar-refractivity contribution in [1.29, 1.82) is 0 Å². The minimum Gasteiger partial charge on any atom is -0.353 e. The van der Waals surface area contributed by atoms with Gasteiger partial charge < -0.3 is 11.1 Å². The molecule has 82 valence electrons. The topological polar surface area (TPSA) is 55.1 Å². The average Bonchev–Trinajstić information content (AvgIpc) is 2.58. The van der Waals surface area contributed by atoms with Gasteiger partial charge in [-0.3, -0.25) is 4.79 Å². The van der Waals surface area contributed by atoms with Crippen molar-refractivity contribution >= 4 is 5.91 Å². The van der Waals surface area contributed by atoms with Gasteiger partial charge in [0.1, 0.15) is 0 Å². The van der Waals surface area contributed by atoms with Crippen molar-refractivity contribution < 1.29 is 4.79 Å². The van der Waals surface area contributed by atoms with Gasteiger partial charge in [-0.2, -0.15) is 0 Å². The number of nitrogens with one attached hydrogen (secondary N) is 1.